The molecule has 1 aromatic heterocycles. The Hall–Kier alpha value is -4.47. The van der Waals surface area contributed by atoms with Gasteiger partial charge in [-0.3, -0.25) is 19.2 Å². The summed E-state index contributed by atoms with van der Waals surface area (Å²) in [5.74, 6) is -1.39. The van der Waals surface area contributed by atoms with E-state index in [0.29, 0.717) is 16.9 Å². The van der Waals surface area contributed by atoms with Crippen LogP contribution in [0.3, 0.4) is 0 Å². The van der Waals surface area contributed by atoms with Crippen LogP contribution >= 0.6 is 23.1 Å². The minimum absolute atomic E-state index is 0.0895. The Labute approximate surface area is 246 Å². The molecule has 2 N–H and O–H groups in total. The molecule has 0 spiro atoms. The van der Waals surface area contributed by atoms with Crippen molar-refractivity contribution in [2.45, 2.75) is 30.4 Å². The van der Waals surface area contributed by atoms with Gasteiger partial charge in [-0.25, -0.2) is 4.90 Å². The van der Waals surface area contributed by atoms with E-state index >= 15 is 0 Å². The van der Waals surface area contributed by atoms with Crippen LogP contribution < -0.4 is 15.5 Å². The smallest absolute Gasteiger partial charge is 0.272 e. The van der Waals surface area contributed by atoms with Crippen LogP contribution in [0.1, 0.15) is 32.8 Å². The summed E-state index contributed by atoms with van der Waals surface area (Å²) in [6, 6.07) is 25.0. The molecule has 3 aromatic carbocycles. The highest BCUT2D eigenvalue weighted by atomic mass is 32.2. The van der Waals surface area contributed by atoms with Crippen molar-refractivity contribution in [2.75, 3.05) is 10.2 Å². The first kappa shape index (κ1) is 28.1. The fourth-order valence-corrected chi connectivity index (χ4v) is 6.07. The van der Waals surface area contributed by atoms with Crippen molar-refractivity contribution in [3.05, 3.63) is 118 Å². The van der Waals surface area contributed by atoms with Crippen LogP contribution in [0.5, 0.6) is 0 Å². The largest absolute Gasteiger partial charge is 0.321 e. The number of anilines is 2. The van der Waals surface area contributed by atoms with Crippen LogP contribution in [0, 0.1) is 13.8 Å². The number of nitrogens with zero attached hydrogens (tertiary/aromatic N) is 1. The summed E-state index contributed by atoms with van der Waals surface area (Å²) >= 11 is 2.73. The number of nitrogens with one attached hydrogen (secondary N) is 2. The lowest BCUT2D eigenvalue weighted by Gasteiger charge is -2.16. The van der Waals surface area contributed by atoms with Gasteiger partial charge < -0.3 is 10.6 Å². The maximum atomic E-state index is 13.3. The van der Waals surface area contributed by atoms with Gasteiger partial charge in [-0.2, -0.15) is 0 Å². The van der Waals surface area contributed by atoms with E-state index in [2.05, 4.69) is 10.6 Å². The number of thiophene rings is 1. The third-order valence-electron chi connectivity index (χ3n) is 6.58. The van der Waals surface area contributed by atoms with Gasteiger partial charge in [0.05, 0.1) is 10.9 Å². The second-order valence-corrected chi connectivity index (χ2v) is 11.8. The van der Waals surface area contributed by atoms with Crippen LogP contribution in [0.4, 0.5) is 11.4 Å². The normalized spacial score (nSPS) is 15.2. The van der Waals surface area contributed by atoms with Gasteiger partial charge in [-0.15, -0.1) is 23.1 Å². The average molecular weight is 582 g/mol. The van der Waals surface area contributed by atoms with Gasteiger partial charge in [0.15, 0.2) is 0 Å². The summed E-state index contributed by atoms with van der Waals surface area (Å²) in [6.07, 6.45) is 1.72. The van der Waals surface area contributed by atoms with E-state index in [-0.39, 0.29) is 23.9 Å². The highest BCUT2D eigenvalue weighted by molar-refractivity contribution is 8.00. The van der Waals surface area contributed by atoms with Crippen LogP contribution in [0.15, 0.2) is 101 Å². The Balaban J connectivity index is 1.30. The molecule has 9 heteroatoms. The summed E-state index contributed by atoms with van der Waals surface area (Å²) in [7, 11) is 0. The molecule has 4 amide bonds. The number of hydrogen-bond donors (Lipinski definition) is 2. The summed E-state index contributed by atoms with van der Waals surface area (Å²) in [5.41, 5.74) is 3.70. The van der Waals surface area contributed by atoms with Gasteiger partial charge in [0, 0.05) is 27.4 Å². The average Bonchev–Trinajstić information content (AvgIpc) is 3.57. The zero-order chi connectivity index (χ0) is 28.9. The Morgan fingerprint density at radius 3 is 2.46 bits per heavy atom. The molecule has 206 valence electrons. The van der Waals surface area contributed by atoms with E-state index in [0.717, 1.165) is 20.9 Å². The zero-order valence-electron chi connectivity index (χ0n) is 22.4. The summed E-state index contributed by atoms with van der Waals surface area (Å²) in [5, 5.41) is 6.89. The maximum Gasteiger partial charge on any atom is 0.272 e. The Kier molecular flexibility index (Phi) is 8.47. The Morgan fingerprint density at radius 2 is 1.73 bits per heavy atom. The molecule has 7 nitrogen and oxygen atoms in total. The van der Waals surface area contributed by atoms with Gasteiger partial charge >= 0.3 is 0 Å². The van der Waals surface area contributed by atoms with E-state index in [1.165, 1.54) is 28.0 Å². The summed E-state index contributed by atoms with van der Waals surface area (Å²) in [6.45, 7) is 3.93. The molecule has 0 bridgehead atoms. The molecule has 1 saturated heterocycles. The van der Waals surface area contributed by atoms with E-state index < -0.39 is 17.1 Å². The molecule has 2 heterocycles. The van der Waals surface area contributed by atoms with Crippen LogP contribution in [-0.2, 0) is 14.4 Å². The van der Waals surface area contributed by atoms with Crippen molar-refractivity contribution in [3.8, 4) is 0 Å². The maximum absolute atomic E-state index is 13.3. The first-order chi connectivity index (χ1) is 19.8. The first-order valence-corrected chi connectivity index (χ1v) is 14.7. The molecule has 1 unspecified atom stereocenters. The third kappa shape index (κ3) is 6.65. The van der Waals surface area contributed by atoms with Crippen molar-refractivity contribution >= 4 is 64.2 Å². The molecular formula is C32H27N3O4S2. The molecule has 1 fully saturated rings. The highest BCUT2D eigenvalue weighted by Crippen LogP contribution is 2.35. The third-order valence-corrected chi connectivity index (χ3v) is 8.58. The minimum atomic E-state index is -0.575. The number of aryl methyl sites for hydroxylation is 2. The molecule has 1 aliphatic rings. The quantitative estimate of drug-likeness (QED) is 0.191. The van der Waals surface area contributed by atoms with Crippen molar-refractivity contribution in [1.82, 2.24) is 5.32 Å². The molecular weight excluding hydrogens is 555 g/mol. The Morgan fingerprint density at radius 1 is 0.927 bits per heavy atom. The first-order valence-electron chi connectivity index (χ1n) is 12.9. The van der Waals surface area contributed by atoms with Crippen LogP contribution in [0.25, 0.3) is 6.08 Å². The lowest BCUT2D eigenvalue weighted by Crippen LogP contribution is -2.31. The second-order valence-electron chi connectivity index (χ2n) is 9.52. The SMILES string of the molecule is Cc1ccc(N2C(=O)CC(Sc3cccc(NC(=O)C(=Cc4cccs4)NC(=O)c4ccccc4)c3)C2=O)cc1C. The number of amides is 4. The lowest BCUT2D eigenvalue weighted by molar-refractivity contribution is -0.121. The van der Waals surface area contributed by atoms with Crippen LogP contribution in [-0.4, -0.2) is 28.9 Å². The molecule has 0 radical (unpaired) electrons. The number of imide groups is 1. The van der Waals surface area contributed by atoms with E-state index in [9.17, 15) is 19.2 Å². The molecule has 4 aromatic rings. The molecule has 1 atom stereocenters. The van der Waals surface area contributed by atoms with Gasteiger partial charge in [-0.1, -0.05) is 36.4 Å². The van der Waals surface area contributed by atoms with E-state index in [4.69, 9.17) is 0 Å². The Bertz CT molecular complexity index is 1650. The number of hydrogen-bond acceptors (Lipinski definition) is 6. The fourth-order valence-electron chi connectivity index (χ4n) is 4.30. The van der Waals surface area contributed by atoms with Gasteiger partial charge in [0.2, 0.25) is 11.8 Å². The van der Waals surface area contributed by atoms with Gasteiger partial charge in [-0.05, 0) is 85.0 Å². The molecule has 41 heavy (non-hydrogen) atoms. The van der Waals surface area contributed by atoms with Crippen molar-refractivity contribution in [3.63, 3.8) is 0 Å². The summed E-state index contributed by atoms with van der Waals surface area (Å²) < 4.78 is 0. The lowest BCUT2D eigenvalue weighted by atomic mass is 10.1. The standard InChI is InChI=1S/C32H27N3O4S2/c1-20-13-14-24(16-21(20)2)35-29(36)19-28(32(35)39)41-26-11-6-10-23(17-26)33-31(38)27(18-25-12-7-15-40-25)34-30(37)22-8-4-3-5-9-22/h3-18,28H,19H2,1-2H3,(H,33,38)(H,34,37). The second kappa shape index (κ2) is 12.4. The zero-order valence-corrected chi connectivity index (χ0v) is 24.1. The topological polar surface area (TPSA) is 95.6 Å². The fraction of sp³-hybridized carbons (Fsp3) is 0.125. The predicted molar refractivity (Wildman–Crippen MR) is 164 cm³/mol. The van der Waals surface area contributed by atoms with E-state index in [1.54, 1.807) is 54.6 Å². The molecule has 0 saturated carbocycles. The van der Waals surface area contributed by atoms with E-state index in [1.807, 2.05) is 55.6 Å². The number of rotatable bonds is 8. The molecule has 5 rings (SSSR count). The van der Waals surface area contributed by atoms with Crippen LogP contribution in [0.2, 0.25) is 0 Å². The predicted octanol–water partition coefficient (Wildman–Crippen LogP) is 6.20. The van der Waals surface area contributed by atoms with Crippen molar-refractivity contribution in [1.29, 1.82) is 0 Å². The highest BCUT2D eigenvalue weighted by Gasteiger charge is 2.40. The number of thioether (sulfide) groups is 1. The number of carbonyl (C=O) groups excluding carboxylic acids is 4. The summed E-state index contributed by atoms with van der Waals surface area (Å²) in [4.78, 5) is 54.9. The van der Waals surface area contributed by atoms with Crippen molar-refractivity contribution < 1.29 is 19.2 Å². The number of carbonyl (C=O) groups is 4. The molecule has 0 aliphatic carbocycles. The minimum Gasteiger partial charge on any atom is -0.321 e. The number of benzene rings is 3. The van der Waals surface area contributed by atoms with Crippen molar-refractivity contribution in [2.24, 2.45) is 0 Å². The van der Waals surface area contributed by atoms with Gasteiger partial charge in [0.1, 0.15) is 5.70 Å². The monoisotopic (exact) mass is 581 g/mol. The van der Waals surface area contributed by atoms with Gasteiger partial charge in [0.25, 0.3) is 11.8 Å². The molecule has 1 aliphatic heterocycles.